The molecular formula is C12H30N4. The third kappa shape index (κ3) is 11.9. The van der Waals surface area contributed by atoms with E-state index >= 15 is 0 Å². The van der Waals surface area contributed by atoms with Gasteiger partial charge in [-0.15, -0.1) is 0 Å². The van der Waals surface area contributed by atoms with Crippen molar-refractivity contribution in [2.75, 3.05) is 0 Å². The van der Waals surface area contributed by atoms with E-state index < -0.39 is 5.79 Å². The van der Waals surface area contributed by atoms with Crippen LogP contribution in [-0.2, 0) is 0 Å². The Balaban J connectivity index is 3.35. The van der Waals surface area contributed by atoms with Crippen LogP contribution in [0.1, 0.15) is 58.8 Å². The standard InChI is InChI=1S/C12H30N4/c1-10(2)6-3-4-7-11(13)8-5-9-12(14,15)16/h10-11H,3-9,13-16H2,1-2H3. The molecule has 8 N–H and O–H groups in total. The largest absolute Gasteiger partial charge is 0.328 e. The predicted octanol–water partition coefficient (Wildman–Crippen LogP) is 1.23. The molecule has 0 aliphatic carbocycles. The average molecular weight is 230 g/mol. The van der Waals surface area contributed by atoms with Gasteiger partial charge in [-0.05, 0) is 31.6 Å². The summed E-state index contributed by atoms with van der Waals surface area (Å²) in [5.41, 5.74) is 22.5. The fraction of sp³-hybridized carbons (Fsp3) is 1.00. The Kier molecular flexibility index (Phi) is 7.93. The molecule has 4 nitrogen and oxygen atoms in total. The summed E-state index contributed by atoms with van der Waals surface area (Å²) in [5.74, 6) is -0.235. The molecule has 0 aromatic carbocycles. The maximum atomic E-state index is 6.00. The minimum absolute atomic E-state index is 0.273. The highest BCUT2D eigenvalue weighted by Gasteiger charge is 2.12. The first-order valence-electron chi connectivity index (χ1n) is 6.43. The van der Waals surface area contributed by atoms with Gasteiger partial charge in [0, 0.05) is 6.04 Å². The molecule has 0 bridgehead atoms. The van der Waals surface area contributed by atoms with Crippen molar-refractivity contribution in [3.63, 3.8) is 0 Å². The summed E-state index contributed by atoms with van der Waals surface area (Å²) in [6, 6.07) is 0.273. The summed E-state index contributed by atoms with van der Waals surface area (Å²) in [6.45, 7) is 4.51. The van der Waals surface area contributed by atoms with Crippen LogP contribution in [0.4, 0.5) is 0 Å². The lowest BCUT2D eigenvalue weighted by Gasteiger charge is -2.19. The van der Waals surface area contributed by atoms with Gasteiger partial charge in [0.05, 0.1) is 0 Å². The lowest BCUT2D eigenvalue weighted by Crippen LogP contribution is -2.57. The van der Waals surface area contributed by atoms with Crippen LogP contribution in [0.15, 0.2) is 0 Å². The zero-order valence-corrected chi connectivity index (χ0v) is 10.9. The second-order valence-electron chi connectivity index (χ2n) is 5.44. The highest BCUT2D eigenvalue weighted by Crippen LogP contribution is 2.12. The van der Waals surface area contributed by atoms with E-state index in [0.717, 1.165) is 25.2 Å². The molecule has 16 heavy (non-hydrogen) atoms. The van der Waals surface area contributed by atoms with Crippen LogP contribution in [0.3, 0.4) is 0 Å². The molecule has 1 atom stereocenters. The van der Waals surface area contributed by atoms with E-state index in [-0.39, 0.29) is 6.04 Å². The Morgan fingerprint density at radius 1 is 0.875 bits per heavy atom. The zero-order chi connectivity index (χ0) is 12.6. The van der Waals surface area contributed by atoms with E-state index in [1.54, 1.807) is 0 Å². The van der Waals surface area contributed by atoms with Crippen molar-refractivity contribution in [1.29, 1.82) is 0 Å². The molecule has 0 aromatic heterocycles. The first-order chi connectivity index (χ1) is 7.31. The zero-order valence-electron chi connectivity index (χ0n) is 10.9. The number of rotatable bonds is 9. The van der Waals surface area contributed by atoms with Gasteiger partial charge >= 0.3 is 0 Å². The highest BCUT2D eigenvalue weighted by atomic mass is 15.1. The number of hydrogen-bond acceptors (Lipinski definition) is 4. The van der Waals surface area contributed by atoms with Gasteiger partial charge in [0.15, 0.2) is 0 Å². The van der Waals surface area contributed by atoms with Crippen molar-refractivity contribution in [3.05, 3.63) is 0 Å². The second kappa shape index (κ2) is 8.01. The average Bonchev–Trinajstić information content (AvgIpc) is 2.10. The van der Waals surface area contributed by atoms with Crippen LogP contribution in [0, 0.1) is 5.92 Å². The van der Waals surface area contributed by atoms with Gasteiger partial charge in [-0.1, -0.05) is 33.1 Å². The molecule has 0 heterocycles. The summed E-state index contributed by atoms with van der Waals surface area (Å²) in [6.07, 6.45) is 7.40. The van der Waals surface area contributed by atoms with Crippen molar-refractivity contribution in [1.82, 2.24) is 0 Å². The molecule has 0 aliphatic heterocycles. The summed E-state index contributed by atoms with van der Waals surface area (Å²) >= 11 is 0. The first kappa shape index (κ1) is 15.8. The smallest absolute Gasteiger partial charge is 0.115 e. The molecule has 0 radical (unpaired) electrons. The Bertz CT molecular complexity index is 163. The molecular weight excluding hydrogens is 200 g/mol. The van der Waals surface area contributed by atoms with Gasteiger partial charge in [0.1, 0.15) is 5.79 Å². The third-order valence-corrected chi connectivity index (χ3v) is 2.79. The maximum Gasteiger partial charge on any atom is 0.115 e. The van der Waals surface area contributed by atoms with Gasteiger partial charge in [-0.25, -0.2) is 0 Å². The first-order valence-corrected chi connectivity index (χ1v) is 6.43. The molecule has 0 rings (SSSR count). The number of unbranched alkanes of at least 4 members (excludes halogenated alkanes) is 1. The van der Waals surface area contributed by atoms with Crippen molar-refractivity contribution in [2.45, 2.75) is 70.6 Å². The summed E-state index contributed by atoms with van der Waals surface area (Å²) in [7, 11) is 0. The van der Waals surface area contributed by atoms with Crippen molar-refractivity contribution in [2.24, 2.45) is 28.9 Å². The van der Waals surface area contributed by atoms with E-state index in [1.807, 2.05) is 0 Å². The van der Waals surface area contributed by atoms with Crippen molar-refractivity contribution < 1.29 is 0 Å². The van der Waals surface area contributed by atoms with Gasteiger partial charge in [0.2, 0.25) is 0 Å². The van der Waals surface area contributed by atoms with E-state index in [2.05, 4.69) is 13.8 Å². The Labute approximate surface area is 100 Å². The Hall–Kier alpha value is -0.160. The van der Waals surface area contributed by atoms with E-state index in [9.17, 15) is 0 Å². The summed E-state index contributed by atoms with van der Waals surface area (Å²) in [4.78, 5) is 0. The van der Waals surface area contributed by atoms with Gasteiger partial charge in [-0.2, -0.15) is 0 Å². The quantitative estimate of drug-likeness (QED) is 0.353. The number of hydrogen-bond donors (Lipinski definition) is 4. The second-order valence-corrected chi connectivity index (χ2v) is 5.44. The molecule has 0 amide bonds. The lowest BCUT2D eigenvalue weighted by atomic mass is 10.00. The fourth-order valence-electron chi connectivity index (χ4n) is 1.77. The van der Waals surface area contributed by atoms with Gasteiger partial charge in [-0.3, -0.25) is 0 Å². The molecule has 0 fully saturated rings. The maximum absolute atomic E-state index is 6.00. The van der Waals surface area contributed by atoms with Crippen molar-refractivity contribution >= 4 is 0 Å². The monoisotopic (exact) mass is 230 g/mol. The SMILES string of the molecule is CC(C)CCCCC(N)CCCC(N)(N)N. The molecule has 4 heteroatoms. The number of nitrogens with two attached hydrogens (primary N) is 4. The van der Waals surface area contributed by atoms with Gasteiger partial charge in [0.25, 0.3) is 0 Å². The van der Waals surface area contributed by atoms with Crippen LogP contribution in [-0.4, -0.2) is 11.8 Å². The molecule has 98 valence electrons. The Morgan fingerprint density at radius 3 is 1.88 bits per heavy atom. The van der Waals surface area contributed by atoms with E-state index in [4.69, 9.17) is 22.9 Å². The molecule has 0 spiro atoms. The van der Waals surface area contributed by atoms with Gasteiger partial charge < -0.3 is 22.9 Å². The molecule has 0 saturated heterocycles. The van der Waals surface area contributed by atoms with Crippen LogP contribution in [0.2, 0.25) is 0 Å². The highest BCUT2D eigenvalue weighted by molar-refractivity contribution is 4.70. The van der Waals surface area contributed by atoms with Crippen molar-refractivity contribution in [3.8, 4) is 0 Å². The molecule has 1 unspecified atom stereocenters. The van der Waals surface area contributed by atoms with Crippen LogP contribution in [0.25, 0.3) is 0 Å². The molecule has 0 saturated carbocycles. The topological polar surface area (TPSA) is 104 Å². The lowest BCUT2D eigenvalue weighted by molar-refractivity contribution is 0.387. The molecule has 0 aromatic rings. The molecule has 0 aliphatic rings. The predicted molar refractivity (Wildman–Crippen MR) is 70.4 cm³/mol. The minimum Gasteiger partial charge on any atom is -0.328 e. The third-order valence-electron chi connectivity index (χ3n) is 2.79. The van der Waals surface area contributed by atoms with Crippen LogP contribution < -0.4 is 22.9 Å². The van der Waals surface area contributed by atoms with E-state index in [0.29, 0.717) is 6.42 Å². The Morgan fingerprint density at radius 2 is 1.38 bits per heavy atom. The minimum atomic E-state index is -1.03. The fourth-order valence-corrected chi connectivity index (χ4v) is 1.77. The summed E-state index contributed by atoms with van der Waals surface area (Å²) in [5, 5.41) is 0. The summed E-state index contributed by atoms with van der Waals surface area (Å²) < 4.78 is 0. The van der Waals surface area contributed by atoms with Crippen LogP contribution >= 0.6 is 0 Å². The van der Waals surface area contributed by atoms with E-state index in [1.165, 1.54) is 19.3 Å². The normalized spacial score (nSPS) is 14.4. The van der Waals surface area contributed by atoms with Crippen LogP contribution in [0.5, 0.6) is 0 Å².